The maximum atomic E-state index is 6.26. The summed E-state index contributed by atoms with van der Waals surface area (Å²) in [6.07, 6.45) is 2.04. The SMILES string of the molecule is COc1c(Cl)cc(CN2CCNCC2)cc1SC. The van der Waals surface area contributed by atoms with E-state index in [2.05, 4.69) is 16.3 Å². The van der Waals surface area contributed by atoms with Gasteiger partial charge in [-0.15, -0.1) is 11.8 Å². The van der Waals surface area contributed by atoms with E-state index in [0.717, 1.165) is 43.4 Å². The van der Waals surface area contributed by atoms with Gasteiger partial charge in [-0.05, 0) is 24.0 Å². The minimum absolute atomic E-state index is 0.703. The lowest BCUT2D eigenvalue weighted by Crippen LogP contribution is -2.42. The first-order valence-electron chi connectivity index (χ1n) is 6.08. The third-order valence-corrected chi connectivity index (χ3v) is 4.13. The molecule has 5 heteroatoms. The van der Waals surface area contributed by atoms with E-state index in [1.165, 1.54) is 5.56 Å². The Morgan fingerprint density at radius 1 is 1.39 bits per heavy atom. The van der Waals surface area contributed by atoms with E-state index >= 15 is 0 Å². The van der Waals surface area contributed by atoms with Gasteiger partial charge in [0.2, 0.25) is 0 Å². The molecule has 0 amide bonds. The standard InChI is InChI=1S/C13H19ClN2OS/c1-17-13-11(14)7-10(8-12(13)18-2)9-16-5-3-15-4-6-16/h7-8,15H,3-6,9H2,1-2H3. The summed E-state index contributed by atoms with van der Waals surface area (Å²) >= 11 is 7.93. The number of hydrogen-bond donors (Lipinski definition) is 1. The van der Waals surface area contributed by atoms with Gasteiger partial charge < -0.3 is 10.1 Å². The molecule has 1 fully saturated rings. The molecule has 0 atom stereocenters. The molecule has 1 aliphatic heterocycles. The van der Waals surface area contributed by atoms with Crippen LogP contribution in [0.5, 0.6) is 5.75 Å². The van der Waals surface area contributed by atoms with Crippen molar-refractivity contribution in [1.82, 2.24) is 10.2 Å². The van der Waals surface area contributed by atoms with E-state index in [1.54, 1.807) is 18.9 Å². The zero-order chi connectivity index (χ0) is 13.0. The van der Waals surface area contributed by atoms with Crippen LogP contribution in [0.15, 0.2) is 17.0 Å². The minimum Gasteiger partial charge on any atom is -0.494 e. The summed E-state index contributed by atoms with van der Waals surface area (Å²) in [5.74, 6) is 0.785. The van der Waals surface area contributed by atoms with Crippen LogP contribution in [0.1, 0.15) is 5.56 Å². The summed E-state index contributed by atoms with van der Waals surface area (Å²) in [6.45, 7) is 5.29. The number of ether oxygens (including phenoxy) is 1. The maximum absolute atomic E-state index is 6.26. The highest BCUT2D eigenvalue weighted by atomic mass is 35.5. The van der Waals surface area contributed by atoms with Crippen LogP contribution >= 0.6 is 23.4 Å². The molecular formula is C13H19ClN2OS. The third-order valence-electron chi connectivity index (χ3n) is 3.11. The van der Waals surface area contributed by atoms with Crippen LogP contribution in [0.3, 0.4) is 0 Å². The Labute approximate surface area is 118 Å². The molecule has 18 heavy (non-hydrogen) atoms. The molecule has 3 nitrogen and oxygen atoms in total. The van der Waals surface area contributed by atoms with Gasteiger partial charge in [0, 0.05) is 32.7 Å². The van der Waals surface area contributed by atoms with Gasteiger partial charge in [-0.1, -0.05) is 11.6 Å². The lowest BCUT2D eigenvalue weighted by atomic mass is 10.2. The molecule has 0 radical (unpaired) electrons. The molecule has 0 aromatic heterocycles. The molecule has 100 valence electrons. The topological polar surface area (TPSA) is 24.5 Å². The number of hydrogen-bond acceptors (Lipinski definition) is 4. The fourth-order valence-electron chi connectivity index (χ4n) is 2.19. The van der Waals surface area contributed by atoms with Crippen molar-refractivity contribution in [2.75, 3.05) is 39.5 Å². The number of nitrogens with zero attached hydrogens (tertiary/aromatic N) is 1. The molecule has 0 spiro atoms. The first-order chi connectivity index (χ1) is 8.74. The van der Waals surface area contributed by atoms with Crippen LogP contribution in [-0.4, -0.2) is 44.4 Å². The zero-order valence-corrected chi connectivity index (χ0v) is 12.4. The van der Waals surface area contributed by atoms with Crippen molar-refractivity contribution in [3.63, 3.8) is 0 Å². The number of benzene rings is 1. The van der Waals surface area contributed by atoms with Gasteiger partial charge in [0.25, 0.3) is 0 Å². The summed E-state index contributed by atoms with van der Waals surface area (Å²) in [6, 6.07) is 4.19. The van der Waals surface area contributed by atoms with Gasteiger partial charge in [0.1, 0.15) is 0 Å². The van der Waals surface area contributed by atoms with Crippen LogP contribution in [0, 0.1) is 0 Å². The van der Waals surface area contributed by atoms with Crippen LogP contribution < -0.4 is 10.1 Å². The molecule has 2 rings (SSSR count). The van der Waals surface area contributed by atoms with Gasteiger partial charge >= 0.3 is 0 Å². The monoisotopic (exact) mass is 286 g/mol. The first kappa shape index (κ1) is 14.0. The van der Waals surface area contributed by atoms with Gasteiger partial charge in [-0.2, -0.15) is 0 Å². The summed E-state index contributed by atoms with van der Waals surface area (Å²) < 4.78 is 5.34. The van der Waals surface area contributed by atoms with Crippen molar-refractivity contribution in [2.45, 2.75) is 11.4 Å². The average molecular weight is 287 g/mol. The molecule has 0 unspecified atom stereocenters. The van der Waals surface area contributed by atoms with Crippen LogP contribution in [0.4, 0.5) is 0 Å². The van der Waals surface area contributed by atoms with E-state index in [-0.39, 0.29) is 0 Å². The summed E-state index contributed by atoms with van der Waals surface area (Å²) in [5, 5.41) is 4.06. The van der Waals surface area contributed by atoms with Crippen molar-refractivity contribution in [2.24, 2.45) is 0 Å². The highest BCUT2D eigenvalue weighted by Gasteiger charge is 2.13. The van der Waals surface area contributed by atoms with Crippen molar-refractivity contribution < 1.29 is 4.74 Å². The first-order valence-corrected chi connectivity index (χ1v) is 7.68. The van der Waals surface area contributed by atoms with Crippen LogP contribution in [-0.2, 0) is 6.54 Å². The van der Waals surface area contributed by atoms with E-state index in [0.29, 0.717) is 5.02 Å². The van der Waals surface area contributed by atoms with Crippen molar-refractivity contribution >= 4 is 23.4 Å². The normalized spacial score (nSPS) is 16.8. The second-order valence-electron chi connectivity index (χ2n) is 4.34. The summed E-state index contributed by atoms with van der Waals surface area (Å²) in [4.78, 5) is 3.55. The van der Waals surface area contributed by atoms with E-state index in [1.807, 2.05) is 12.3 Å². The Morgan fingerprint density at radius 3 is 2.72 bits per heavy atom. The van der Waals surface area contributed by atoms with E-state index in [9.17, 15) is 0 Å². The Hall–Kier alpha value is -0.420. The Morgan fingerprint density at radius 2 is 2.11 bits per heavy atom. The number of halogens is 1. The highest BCUT2D eigenvalue weighted by Crippen LogP contribution is 2.36. The molecule has 0 bridgehead atoms. The molecule has 1 heterocycles. The van der Waals surface area contributed by atoms with Crippen LogP contribution in [0.25, 0.3) is 0 Å². The Balaban J connectivity index is 2.15. The van der Waals surface area contributed by atoms with Gasteiger partial charge in [0.15, 0.2) is 5.75 Å². The third kappa shape index (κ3) is 3.32. The molecule has 1 N–H and O–H groups in total. The quantitative estimate of drug-likeness (QED) is 0.860. The zero-order valence-electron chi connectivity index (χ0n) is 10.8. The Kier molecular flexibility index (Phi) is 5.18. The van der Waals surface area contributed by atoms with E-state index < -0.39 is 0 Å². The predicted octanol–water partition coefficient (Wildman–Crippen LogP) is 2.48. The second kappa shape index (κ2) is 6.66. The fraction of sp³-hybridized carbons (Fsp3) is 0.538. The second-order valence-corrected chi connectivity index (χ2v) is 5.59. The number of nitrogens with one attached hydrogen (secondary N) is 1. The van der Waals surface area contributed by atoms with Gasteiger partial charge in [0.05, 0.1) is 17.0 Å². The molecule has 0 aliphatic carbocycles. The van der Waals surface area contributed by atoms with Crippen molar-refractivity contribution in [3.8, 4) is 5.75 Å². The average Bonchev–Trinajstić information content (AvgIpc) is 2.39. The number of piperazine rings is 1. The lowest BCUT2D eigenvalue weighted by molar-refractivity contribution is 0.233. The number of rotatable bonds is 4. The molecule has 1 aromatic rings. The number of thioether (sulfide) groups is 1. The molecular weight excluding hydrogens is 268 g/mol. The fourth-order valence-corrected chi connectivity index (χ4v) is 3.21. The maximum Gasteiger partial charge on any atom is 0.150 e. The molecule has 1 aliphatic rings. The predicted molar refractivity (Wildman–Crippen MR) is 77.9 cm³/mol. The molecule has 1 aromatic carbocycles. The molecule has 0 saturated carbocycles. The van der Waals surface area contributed by atoms with Crippen molar-refractivity contribution in [1.29, 1.82) is 0 Å². The van der Waals surface area contributed by atoms with Gasteiger partial charge in [-0.3, -0.25) is 4.90 Å². The van der Waals surface area contributed by atoms with E-state index in [4.69, 9.17) is 16.3 Å². The summed E-state index contributed by atoms with van der Waals surface area (Å²) in [7, 11) is 1.66. The summed E-state index contributed by atoms with van der Waals surface area (Å²) in [5.41, 5.74) is 1.26. The largest absolute Gasteiger partial charge is 0.494 e. The highest BCUT2D eigenvalue weighted by molar-refractivity contribution is 7.98. The number of methoxy groups -OCH3 is 1. The molecule has 1 saturated heterocycles. The van der Waals surface area contributed by atoms with Crippen molar-refractivity contribution in [3.05, 3.63) is 22.7 Å². The van der Waals surface area contributed by atoms with Gasteiger partial charge in [-0.25, -0.2) is 0 Å². The van der Waals surface area contributed by atoms with Crippen LogP contribution in [0.2, 0.25) is 5.02 Å². The Bertz CT molecular complexity index is 408. The lowest BCUT2D eigenvalue weighted by Gasteiger charge is -2.27. The minimum atomic E-state index is 0.703. The smallest absolute Gasteiger partial charge is 0.150 e.